The lowest BCUT2D eigenvalue weighted by Crippen LogP contribution is -2.54. The first-order chi connectivity index (χ1) is 16.1. The molecule has 0 atom stereocenters. The van der Waals surface area contributed by atoms with E-state index >= 15 is 0 Å². The molecule has 9 N–H and O–H groups in total. The third-order valence-electron chi connectivity index (χ3n) is 5.17. The maximum absolute atomic E-state index is 14.2. The Morgan fingerprint density at radius 2 is 1.20 bits per heavy atom. The number of alkyl halides is 6. The monoisotopic (exact) mass is 500 g/mol. The zero-order chi connectivity index (χ0) is 26.3. The SMILES string of the molecule is Nc1cc(N)cc(C(=O)Oc2ccc(C(c3ccc(O)c(N)c3)(C(F)(F)F)C(F)(F)F)cc2N)c1. The second kappa shape index (κ2) is 8.49. The third kappa shape index (κ3) is 4.44. The second-order valence-electron chi connectivity index (χ2n) is 7.55. The maximum Gasteiger partial charge on any atom is 0.411 e. The Balaban J connectivity index is 2.14. The van der Waals surface area contributed by atoms with Gasteiger partial charge in [0.15, 0.2) is 5.75 Å². The molecule has 186 valence electrons. The Bertz CT molecular complexity index is 1260. The highest BCUT2D eigenvalue weighted by atomic mass is 19.4. The minimum absolute atomic E-state index is 0.119. The first-order valence-corrected chi connectivity index (χ1v) is 9.58. The molecule has 0 aliphatic rings. The maximum atomic E-state index is 14.2. The Morgan fingerprint density at radius 1 is 0.714 bits per heavy atom. The molecule has 35 heavy (non-hydrogen) atoms. The van der Waals surface area contributed by atoms with Gasteiger partial charge in [0, 0.05) is 11.4 Å². The number of nitrogen functional groups attached to an aromatic ring is 4. The average Bonchev–Trinajstić information content (AvgIpc) is 2.70. The minimum atomic E-state index is -5.92. The summed E-state index contributed by atoms with van der Waals surface area (Å²) >= 11 is 0. The van der Waals surface area contributed by atoms with Gasteiger partial charge < -0.3 is 32.8 Å². The fraction of sp³-hybridized carbons (Fsp3) is 0.136. The van der Waals surface area contributed by atoms with E-state index in [2.05, 4.69) is 0 Å². The number of nitrogens with two attached hydrogens (primary N) is 4. The van der Waals surface area contributed by atoms with E-state index in [1.807, 2.05) is 0 Å². The lowest BCUT2D eigenvalue weighted by atomic mass is 9.72. The van der Waals surface area contributed by atoms with Crippen LogP contribution in [0, 0.1) is 0 Å². The summed E-state index contributed by atoms with van der Waals surface area (Å²) in [4.78, 5) is 12.4. The Labute approximate surface area is 193 Å². The number of esters is 1. The van der Waals surface area contributed by atoms with Gasteiger partial charge in [-0.3, -0.25) is 0 Å². The topological polar surface area (TPSA) is 151 Å². The fourth-order valence-corrected chi connectivity index (χ4v) is 3.60. The molecule has 3 aromatic carbocycles. The molecule has 0 bridgehead atoms. The van der Waals surface area contributed by atoms with Crippen LogP contribution in [0.4, 0.5) is 49.1 Å². The first-order valence-electron chi connectivity index (χ1n) is 9.58. The quantitative estimate of drug-likeness (QED) is 0.117. The lowest BCUT2D eigenvalue weighted by Gasteiger charge is -2.38. The van der Waals surface area contributed by atoms with Crippen LogP contribution in [-0.4, -0.2) is 23.4 Å². The van der Waals surface area contributed by atoms with Gasteiger partial charge >= 0.3 is 18.3 Å². The van der Waals surface area contributed by atoms with Crippen LogP contribution in [0.1, 0.15) is 21.5 Å². The third-order valence-corrected chi connectivity index (χ3v) is 5.17. The summed E-state index contributed by atoms with van der Waals surface area (Å²) < 4.78 is 90.5. The van der Waals surface area contributed by atoms with Gasteiger partial charge in [-0.05, 0) is 53.6 Å². The van der Waals surface area contributed by atoms with Gasteiger partial charge in [0.2, 0.25) is 5.41 Å². The summed E-state index contributed by atoms with van der Waals surface area (Å²) in [6.45, 7) is 0. The van der Waals surface area contributed by atoms with Crippen LogP contribution in [0.3, 0.4) is 0 Å². The zero-order valence-corrected chi connectivity index (χ0v) is 17.5. The summed E-state index contributed by atoms with van der Waals surface area (Å²) in [6, 6.07) is 6.81. The number of aromatic hydroxyl groups is 1. The molecule has 0 spiro atoms. The minimum Gasteiger partial charge on any atom is -0.506 e. The molecule has 3 aromatic rings. The van der Waals surface area contributed by atoms with Crippen molar-refractivity contribution in [2.75, 3.05) is 22.9 Å². The predicted molar refractivity (Wildman–Crippen MR) is 116 cm³/mol. The van der Waals surface area contributed by atoms with E-state index in [1.54, 1.807) is 0 Å². The Kier molecular flexibility index (Phi) is 6.14. The first kappa shape index (κ1) is 25.3. The van der Waals surface area contributed by atoms with Crippen molar-refractivity contribution < 1.29 is 41.0 Å². The van der Waals surface area contributed by atoms with Crippen LogP contribution in [0.25, 0.3) is 0 Å². The van der Waals surface area contributed by atoms with Gasteiger partial charge in [0.25, 0.3) is 0 Å². The standard InChI is InChI=1S/C22H18F6N4O3/c23-21(24,25)20(22(26,27)28,11-1-3-17(33)15(31)7-11)12-2-4-18(16(32)8-12)35-19(34)10-5-13(29)9-14(30)6-10/h1-9,33H,29-32H2. The van der Waals surface area contributed by atoms with E-state index < -0.39 is 57.7 Å². The normalized spacial score (nSPS) is 12.4. The largest absolute Gasteiger partial charge is 0.506 e. The van der Waals surface area contributed by atoms with Gasteiger partial charge in [0.05, 0.1) is 16.9 Å². The highest BCUT2D eigenvalue weighted by Gasteiger charge is 2.72. The molecule has 7 nitrogen and oxygen atoms in total. The predicted octanol–water partition coefficient (Wildman–Crippen LogP) is 4.35. The molecule has 0 radical (unpaired) electrons. The molecular formula is C22H18F6N4O3. The second-order valence-corrected chi connectivity index (χ2v) is 7.55. The molecule has 3 rings (SSSR count). The van der Waals surface area contributed by atoms with Gasteiger partial charge in [-0.15, -0.1) is 0 Å². The number of benzene rings is 3. The number of ether oxygens (including phenoxy) is 1. The fourth-order valence-electron chi connectivity index (χ4n) is 3.60. The van der Waals surface area contributed by atoms with Gasteiger partial charge in [0.1, 0.15) is 5.75 Å². The lowest BCUT2D eigenvalue weighted by molar-refractivity contribution is -0.288. The summed E-state index contributed by atoms with van der Waals surface area (Å²) in [5.74, 6) is -2.24. The van der Waals surface area contributed by atoms with Crippen LogP contribution >= 0.6 is 0 Å². The van der Waals surface area contributed by atoms with Gasteiger partial charge in [-0.1, -0.05) is 12.1 Å². The molecule has 0 aromatic heterocycles. The molecule has 0 heterocycles. The van der Waals surface area contributed by atoms with E-state index in [0.29, 0.717) is 36.4 Å². The van der Waals surface area contributed by atoms with Crippen molar-refractivity contribution in [1.29, 1.82) is 0 Å². The van der Waals surface area contributed by atoms with Crippen molar-refractivity contribution in [2.24, 2.45) is 0 Å². The van der Waals surface area contributed by atoms with Crippen LogP contribution in [0.5, 0.6) is 11.5 Å². The molecule has 13 heteroatoms. The van der Waals surface area contributed by atoms with Crippen molar-refractivity contribution in [3.63, 3.8) is 0 Å². The number of phenolic OH excluding ortho intramolecular Hbond substituents is 1. The molecule has 0 unspecified atom stereocenters. The number of anilines is 4. The molecule has 0 amide bonds. The van der Waals surface area contributed by atoms with Crippen LogP contribution in [-0.2, 0) is 5.41 Å². The Morgan fingerprint density at radius 3 is 1.66 bits per heavy atom. The van der Waals surface area contributed by atoms with E-state index in [9.17, 15) is 36.2 Å². The van der Waals surface area contributed by atoms with E-state index in [-0.39, 0.29) is 16.9 Å². The summed E-state index contributed by atoms with van der Waals surface area (Å²) in [5, 5.41) is 9.51. The smallest absolute Gasteiger partial charge is 0.411 e. The molecule has 0 aliphatic carbocycles. The number of hydrogen-bond donors (Lipinski definition) is 5. The zero-order valence-electron chi connectivity index (χ0n) is 17.5. The van der Waals surface area contributed by atoms with Gasteiger partial charge in [-0.2, -0.15) is 26.3 Å². The summed E-state index contributed by atoms with van der Waals surface area (Å²) in [7, 11) is 0. The van der Waals surface area contributed by atoms with Crippen molar-refractivity contribution in [3.05, 3.63) is 71.3 Å². The van der Waals surface area contributed by atoms with E-state index in [1.165, 1.54) is 18.2 Å². The molecule has 0 aliphatic heterocycles. The van der Waals surface area contributed by atoms with Crippen LogP contribution < -0.4 is 27.7 Å². The Hall–Kier alpha value is -4.29. The van der Waals surface area contributed by atoms with Crippen molar-refractivity contribution >= 4 is 28.7 Å². The van der Waals surface area contributed by atoms with E-state index in [4.69, 9.17) is 27.7 Å². The molecule has 0 fully saturated rings. The molecular weight excluding hydrogens is 482 g/mol. The number of hydrogen-bond acceptors (Lipinski definition) is 7. The number of phenols is 1. The van der Waals surface area contributed by atoms with Crippen molar-refractivity contribution in [3.8, 4) is 11.5 Å². The molecule has 0 saturated heterocycles. The highest BCUT2D eigenvalue weighted by Crippen LogP contribution is 2.57. The van der Waals surface area contributed by atoms with Crippen LogP contribution in [0.15, 0.2) is 54.6 Å². The number of rotatable bonds is 4. The van der Waals surface area contributed by atoms with Crippen LogP contribution in [0.2, 0.25) is 0 Å². The number of carbonyl (C=O) groups is 1. The van der Waals surface area contributed by atoms with Crippen molar-refractivity contribution in [2.45, 2.75) is 17.8 Å². The van der Waals surface area contributed by atoms with E-state index in [0.717, 1.165) is 0 Å². The average molecular weight is 500 g/mol. The number of halogens is 6. The molecule has 0 saturated carbocycles. The summed E-state index contributed by atoms with van der Waals surface area (Å²) in [6.07, 6.45) is -11.8. The van der Waals surface area contributed by atoms with Crippen molar-refractivity contribution in [1.82, 2.24) is 0 Å². The highest BCUT2D eigenvalue weighted by molar-refractivity contribution is 5.93. The van der Waals surface area contributed by atoms with Gasteiger partial charge in [-0.25, -0.2) is 4.79 Å². The summed E-state index contributed by atoms with van der Waals surface area (Å²) in [5.41, 5.74) is 13.8. The number of carbonyl (C=O) groups excluding carboxylic acids is 1.